The van der Waals surface area contributed by atoms with Crippen LogP contribution in [0.5, 0.6) is 5.75 Å². The number of hydrogen-bond donors (Lipinski definition) is 3. The summed E-state index contributed by atoms with van der Waals surface area (Å²) in [6.07, 6.45) is 1.72. The molecule has 3 aromatic carbocycles. The van der Waals surface area contributed by atoms with Crippen molar-refractivity contribution in [3.63, 3.8) is 0 Å². The molecular weight excluding hydrogens is 589 g/mol. The molecule has 0 aromatic heterocycles. The molecule has 2 aliphatic rings. The van der Waals surface area contributed by atoms with Crippen molar-refractivity contribution >= 4 is 46.4 Å². The number of ether oxygens (including phenoxy) is 2. The van der Waals surface area contributed by atoms with Gasteiger partial charge in [0.2, 0.25) is 0 Å². The van der Waals surface area contributed by atoms with Gasteiger partial charge in [-0.05, 0) is 49.1 Å². The molecule has 2 amide bonds. The Morgan fingerprint density at radius 2 is 1.74 bits per heavy atom. The van der Waals surface area contributed by atoms with Gasteiger partial charge in [0.1, 0.15) is 5.75 Å². The van der Waals surface area contributed by atoms with Crippen LogP contribution in [0.2, 0.25) is 10.0 Å². The number of hydrogen-bond acceptors (Lipinski definition) is 7. The van der Waals surface area contributed by atoms with Gasteiger partial charge in [-0.15, -0.1) is 0 Å². The molecule has 9 nitrogen and oxygen atoms in total. The van der Waals surface area contributed by atoms with E-state index in [1.54, 1.807) is 18.2 Å². The van der Waals surface area contributed by atoms with Gasteiger partial charge < -0.3 is 31.2 Å². The fourth-order valence-corrected chi connectivity index (χ4v) is 6.16. The zero-order chi connectivity index (χ0) is 30.5. The largest absolute Gasteiger partial charge is 0.496 e. The molecule has 0 aliphatic carbocycles. The molecule has 0 spiro atoms. The molecule has 3 aromatic rings. The van der Waals surface area contributed by atoms with E-state index in [0.29, 0.717) is 70.5 Å². The number of halogens is 2. The number of nitrogens with two attached hydrogens (primary N) is 2. The maximum absolute atomic E-state index is 13.4. The quantitative estimate of drug-likeness (QED) is 0.307. The van der Waals surface area contributed by atoms with Crippen molar-refractivity contribution in [3.05, 3.63) is 75.8 Å². The molecule has 0 radical (unpaired) electrons. The van der Waals surface area contributed by atoms with Crippen LogP contribution in [-0.2, 0) is 4.74 Å². The van der Waals surface area contributed by atoms with Gasteiger partial charge in [0, 0.05) is 72.7 Å². The molecule has 11 heteroatoms. The molecule has 2 aliphatic heterocycles. The number of methoxy groups -OCH3 is 1. The number of nitrogens with zero attached hydrogens (tertiary/aromatic N) is 2. The van der Waals surface area contributed by atoms with Crippen LogP contribution in [0.25, 0.3) is 11.1 Å². The van der Waals surface area contributed by atoms with Gasteiger partial charge in [0.05, 0.1) is 36.1 Å². The van der Waals surface area contributed by atoms with Crippen molar-refractivity contribution in [2.45, 2.75) is 18.9 Å². The maximum Gasteiger partial charge on any atom is 0.255 e. The second-order valence-electron chi connectivity index (χ2n) is 11.1. The number of rotatable bonds is 8. The van der Waals surface area contributed by atoms with Crippen molar-refractivity contribution in [1.82, 2.24) is 15.1 Å². The topological polar surface area (TPSA) is 123 Å². The highest BCUT2D eigenvalue weighted by Gasteiger charge is 2.28. The summed E-state index contributed by atoms with van der Waals surface area (Å²) >= 11 is 12.5. The monoisotopic (exact) mass is 625 g/mol. The van der Waals surface area contributed by atoms with Crippen molar-refractivity contribution in [1.29, 1.82) is 0 Å². The van der Waals surface area contributed by atoms with Crippen molar-refractivity contribution in [3.8, 4) is 16.9 Å². The van der Waals surface area contributed by atoms with Crippen LogP contribution in [0.3, 0.4) is 0 Å². The SMILES string of the molecule is COc1cc(N)c(Cl)cc1C(=O)NCC1CN(CC2CCN(C(=O)c3ccc(N)c(-c4ccccc4Cl)c3)CC2)CCO1. The van der Waals surface area contributed by atoms with Crippen LogP contribution >= 0.6 is 23.2 Å². The smallest absolute Gasteiger partial charge is 0.255 e. The zero-order valence-corrected chi connectivity index (χ0v) is 25.7. The Hall–Kier alpha value is -3.50. The summed E-state index contributed by atoms with van der Waals surface area (Å²) in [5, 5.41) is 3.84. The predicted molar refractivity (Wildman–Crippen MR) is 171 cm³/mol. The number of likely N-dealkylation sites (tertiary alicyclic amines) is 1. The maximum atomic E-state index is 13.4. The first kappa shape index (κ1) is 30.9. The van der Waals surface area contributed by atoms with Gasteiger partial charge >= 0.3 is 0 Å². The third kappa shape index (κ3) is 7.36. The van der Waals surface area contributed by atoms with Gasteiger partial charge in [-0.3, -0.25) is 14.5 Å². The number of anilines is 2. The van der Waals surface area contributed by atoms with E-state index in [-0.39, 0.29) is 17.9 Å². The number of nitrogens with one attached hydrogen (secondary N) is 1. The zero-order valence-electron chi connectivity index (χ0n) is 24.2. The minimum Gasteiger partial charge on any atom is -0.496 e. The standard InChI is InChI=1S/C32H37Cl2N5O4/c1-42-30-16-29(36)27(34)15-25(30)31(40)37-17-22-19-38(12-13-43-22)18-20-8-10-39(11-9-20)32(41)21-6-7-28(35)24(14-21)23-4-2-3-5-26(23)33/h2-7,14-16,20,22H,8-13,17-19,35-36H2,1H3,(H,37,40). The van der Waals surface area contributed by atoms with E-state index in [1.165, 1.54) is 13.2 Å². The summed E-state index contributed by atoms with van der Waals surface area (Å²) in [6.45, 7) is 4.84. The van der Waals surface area contributed by atoms with E-state index in [1.807, 2.05) is 35.2 Å². The van der Waals surface area contributed by atoms with Crippen LogP contribution in [0, 0.1) is 5.92 Å². The van der Waals surface area contributed by atoms with Gasteiger partial charge in [-0.25, -0.2) is 0 Å². The highest BCUT2D eigenvalue weighted by Crippen LogP contribution is 2.33. The first-order chi connectivity index (χ1) is 20.7. The number of carbonyl (C=O) groups excluding carboxylic acids is 2. The number of nitrogen functional groups attached to an aromatic ring is 2. The summed E-state index contributed by atoms with van der Waals surface area (Å²) in [6, 6.07) is 16.0. The van der Waals surface area contributed by atoms with E-state index in [9.17, 15) is 9.59 Å². The van der Waals surface area contributed by atoms with Gasteiger partial charge in [0.25, 0.3) is 11.8 Å². The van der Waals surface area contributed by atoms with Crippen LogP contribution in [0.4, 0.5) is 11.4 Å². The first-order valence-electron chi connectivity index (χ1n) is 14.4. The Kier molecular flexibility index (Phi) is 9.97. The molecule has 0 saturated carbocycles. The number of carbonyl (C=O) groups is 2. The Morgan fingerprint density at radius 1 is 0.977 bits per heavy atom. The van der Waals surface area contributed by atoms with Crippen molar-refractivity contribution in [2.24, 2.45) is 5.92 Å². The third-order valence-corrected chi connectivity index (χ3v) is 8.82. The summed E-state index contributed by atoms with van der Waals surface area (Å²) in [4.78, 5) is 30.5. The van der Waals surface area contributed by atoms with E-state index < -0.39 is 0 Å². The Morgan fingerprint density at radius 3 is 2.49 bits per heavy atom. The fraction of sp³-hybridized carbons (Fsp3) is 0.375. The Balaban J connectivity index is 1.11. The summed E-state index contributed by atoms with van der Waals surface area (Å²) < 4.78 is 11.2. The molecule has 5 N–H and O–H groups in total. The first-order valence-corrected chi connectivity index (χ1v) is 15.2. The average molecular weight is 627 g/mol. The van der Waals surface area contributed by atoms with Crippen LogP contribution in [0.1, 0.15) is 33.6 Å². The summed E-state index contributed by atoms with van der Waals surface area (Å²) in [7, 11) is 1.48. The van der Waals surface area contributed by atoms with Crippen LogP contribution in [-0.4, -0.2) is 80.7 Å². The van der Waals surface area contributed by atoms with Crippen molar-refractivity contribution < 1.29 is 19.1 Å². The number of morpholine rings is 1. The molecule has 0 bridgehead atoms. The number of benzene rings is 3. The third-order valence-electron chi connectivity index (χ3n) is 8.16. The highest BCUT2D eigenvalue weighted by atomic mass is 35.5. The van der Waals surface area contributed by atoms with E-state index in [0.717, 1.165) is 43.6 Å². The summed E-state index contributed by atoms with van der Waals surface area (Å²) in [5.74, 6) is 0.557. The minimum absolute atomic E-state index is 0.00736. The molecular formula is C32H37Cl2N5O4. The number of amides is 2. The molecule has 5 rings (SSSR count). The lowest BCUT2D eigenvalue weighted by molar-refractivity contribution is -0.0332. The number of piperidine rings is 1. The second kappa shape index (κ2) is 13.9. The van der Waals surface area contributed by atoms with Crippen LogP contribution in [0.15, 0.2) is 54.6 Å². The molecule has 1 atom stereocenters. The second-order valence-corrected chi connectivity index (χ2v) is 11.9. The Bertz CT molecular complexity index is 1480. The molecule has 1 unspecified atom stereocenters. The van der Waals surface area contributed by atoms with E-state index >= 15 is 0 Å². The summed E-state index contributed by atoms with van der Waals surface area (Å²) in [5.41, 5.74) is 15.5. The van der Waals surface area contributed by atoms with E-state index in [4.69, 9.17) is 44.1 Å². The molecule has 228 valence electrons. The van der Waals surface area contributed by atoms with Gasteiger partial charge in [-0.1, -0.05) is 41.4 Å². The van der Waals surface area contributed by atoms with E-state index in [2.05, 4.69) is 10.2 Å². The van der Waals surface area contributed by atoms with Gasteiger partial charge in [0.15, 0.2) is 0 Å². The molecule has 2 saturated heterocycles. The lowest BCUT2D eigenvalue weighted by Gasteiger charge is -2.38. The molecule has 2 fully saturated rings. The fourth-order valence-electron chi connectivity index (χ4n) is 5.76. The predicted octanol–water partition coefficient (Wildman–Crippen LogP) is 4.82. The Labute approximate surface area is 262 Å². The highest BCUT2D eigenvalue weighted by molar-refractivity contribution is 6.34. The lowest BCUT2D eigenvalue weighted by atomic mass is 9.94. The minimum atomic E-state index is -0.295. The van der Waals surface area contributed by atoms with Crippen LogP contribution < -0.4 is 21.5 Å². The molecule has 2 heterocycles. The average Bonchev–Trinajstić information content (AvgIpc) is 3.02. The lowest BCUT2D eigenvalue weighted by Crippen LogP contribution is -2.50. The van der Waals surface area contributed by atoms with Crippen molar-refractivity contribution in [2.75, 3.05) is 64.5 Å². The van der Waals surface area contributed by atoms with Gasteiger partial charge in [-0.2, -0.15) is 0 Å². The molecule has 43 heavy (non-hydrogen) atoms. The normalized spacial score (nSPS) is 17.9.